The Bertz CT molecular complexity index is 1050. The Labute approximate surface area is 187 Å². The second-order valence-electron chi connectivity index (χ2n) is 7.70. The number of nitrogens with one attached hydrogen (secondary N) is 2. The second kappa shape index (κ2) is 8.14. The Balaban J connectivity index is 1.41. The van der Waals surface area contributed by atoms with Crippen LogP contribution >= 0.6 is 15.9 Å². The molecular formula is C22H21BrN4O4. The average molecular weight is 485 g/mol. The smallest absolute Gasteiger partial charge is 0.325 e. The SMILES string of the molecule is CC1(c2ccc(Br)cc2)NC(=O)N(CC(=O)Nc2ccc(N3CCCC3=O)cc2)C1=O. The van der Waals surface area contributed by atoms with Gasteiger partial charge in [-0.15, -0.1) is 0 Å². The Morgan fingerprint density at radius 3 is 2.39 bits per heavy atom. The summed E-state index contributed by atoms with van der Waals surface area (Å²) in [7, 11) is 0. The van der Waals surface area contributed by atoms with E-state index in [1.165, 1.54) is 0 Å². The molecule has 0 radical (unpaired) electrons. The van der Waals surface area contributed by atoms with E-state index in [4.69, 9.17) is 0 Å². The average Bonchev–Trinajstić information content (AvgIpc) is 3.26. The number of hydrogen-bond donors (Lipinski definition) is 2. The van der Waals surface area contributed by atoms with Crippen LogP contribution in [0.2, 0.25) is 0 Å². The van der Waals surface area contributed by atoms with E-state index in [-0.39, 0.29) is 5.91 Å². The molecule has 2 aromatic carbocycles. The first-order chi connectivity index (χ1) is 14.8. The van der Waals surface area contributed by atoms with Gasteiger partial charge in [0.15, 0.2) is 0 Å². The van der Waals surface area contributed by atoms with E-state index in [0.29, 0.717) is 24.2 Å². The topological polar surface area (TPSA) is 98.8 Å². The van der Waals surface area contributed by atoms with Crippen molar-refractivity contribution in [2.45, 2.75) is 25.3 Å². The molecule has 8 nitrogen and oxygen atoms in total. The summed E-state index contributed by atoms with van der Waals surface area (Å²) in [6.45, 7) is 1.91. The molecule has 2 aliphatic rings. The summed E-state index contributed by atoms with van der Waals surface area (Å²) in [5.41, 5.74) is 0.689. The number of hydrogen-bond acceptors (Lipinski definition) is 4. The summed E-state index contributed by atoms with van der Waals surface area (Å²) in [5, 5.41) is 5.37. The van der Waals surface area contributed by atoms with Crippen LogP contribution < -0.4 is 15.5 Å². The summed E-state index contributed by atoms with van der Waals surface area (Å²) in [4.78, 5) is 52.3. The zero-order valence-electron chi connectivity index (χ0n) is 16.9. The van der Waals surface area contributed by atoms with Crippen molar-refractivity contribution in [3.05, 3.63) is 58.6 Å². The molecule has 1 atom stereocenters. The Hall–Kier alpha value is -3.20. The first-order valence-corrected chi connectivity index (χ1v) is 10.7. The molecule has 4 rings (SSSR count). The van der Waals surface area contributed by atoms with Crippen LogP contribution in [0, 0.1) is 0 Å². The summed E-state index contributed by atoms with van der Waals surface area (Å²) >= 11 is 3.35. The van der Waals surface area contributed by atoms with Crippen molar-refractivity contribution in [1.29, 1.82) is 0 Å². The molecule has 0 bridgehead atoms. The minimum Gasteiger partial charge on any atom is -0.325 e. The molecule has 160 valence electrons. The molecule has 0 aromatic heterocycles. The fourth-order valence-electron chi connectivity index (χ4n) is 3.81. The van der Waals surface area contributed by atoms with E-state index in [2.05, 4.69) is 26.6 Å². The number of carbonyl (C=O) groups is 4. The van der Waals surface area contributed by atoms with E-state index in [1.54, 1.807) is 60.4 Å². The monoisotopic (exact) mass is 484 g/mol. The van der Waals surface area contributed by atoms with Crippen molar-refractivity contribution in [3.8, 4) is 0 Å². The number of halogens is 1. The summed E-state index contributed by atoms with van der Waals surface area (Å²) in [6, 6.07) is 13.4. The van der Waals surface area contributed by atoms with Crippen LogP contribution in [-0.4, -0.2) is 41.7 Å². The number of benzene rings is 2. The molecule has 2 heterocycles. The molecule has 0 spiro atoms. The van der Waals surface area contributed by atoms with Gasteiger partial charge in [-0.25, -0.2) is 4.79 Å². The maximum atomic E-state index is 12.9. The number of imide groups is 1. The number of rotatable bonds is 5. The van der Waals surface area contributed by atoms with E-state index in [9.17, 15) is 19.2 Å². The molecule has 9 heteroatoms. The molecule has 1 unspecified atom stereocenters. The third-order valence-electron chi connectivity index (χ3n) is 5.53. The highest BCUT2D eigenvalue weighted by molar-refractivity contribution is 9.10. The lowest BCUT2D eigenvalue weighted by Gasteiger charge is -2.22. The Morgan fingerprint density at radius 2 is 1.77 bits per heavy atom. The van der Waals surface area contributed by atoms with Crippen molar-refractivity contribution < 1.29 is 19.2 Å². The van der Waals surface area contributed by atoms with Crippen LogP contribution in [-0.2, 0) is 19.9 Å². The normalized spacial score (nSPS) is 20.9. The van der Waals surface area contributed by atoms with E-state index < -0.39 is 29.9 Å². The molecule has 2 fully saturated rings. The highest BCUT2D eigenvalue weighted by atomic mass is 79.9. The predicted molar refractivity (Wildman–Crippen MR) is 118 cm³/mol. The number of urea groups is 1. The Kier molecular flexibility index (Phi) is 5.53. The molecule has 31 heavy (non-hydrogen) atoms. The maximum Gasteiger partial charge on any atom is 0.325 e. The van der Waals surface area contributed by atoms with Crippen molar-refractivity contribution >= 4 is 51.1 Å². The van der Waals surface area contributed by atoms with Crippen LogP contribution in [0.25, 0.3) is 0 Å². The van der Waals surface area contributed by atoms with Gasteiger partial charge in [0.2, 0.25) is 11.8 Å². The molecule has 0 saturated carbocycles. The highest BCUT2D eigenvalue weighted by Gasteiger charge is 2.49. The molecule has 0 aliphatic carbocycles. The largest absolute Gasteiger partial charge is 0.325 e. The van der Waals surface area contributed by atoms with Gasteiger partial charge in [0.1, 0.15) is 12.1 Å². The number of anilines is 2. The van der Waals surface area contributed by atoms with Crippen molar-refractivity contribution in [3.63, 3.8) is 0 Å². The van der Waals surface area contributed by atoms with E-state index in [0.717, 1.165) is 21.5 Å². The number of nitrogens with zero attached hydrogens (tertiary/aromatic N) is 2. The third kappa shape index (κ3) is 4.05. The Morgan fingerprint density at radius 1 is 1.10 bits per heavy atom. The molecule has 2 saturated heterocycles. The summed E-state index contributed by atoms with van der Waals surface area (Å²) in [5.74, 6) is -0.893. The van der Waals surface area contributed by atoms with Gasteiger partial charge in [0.05, 0.1) is 0 Å². The van der Waals surface area contributed by atoms with E-state index in [1.807, 2.05) is 0 Å². The third-order valence-corrected chi connectivity index (χ3v) is 6.06. The van der Waals surface area contributed by atoms with Crippen molar-refractivity contribution in [2.24, 2.45) is 0 Å². The summed E-state index contributed by atoms with van der Waals surface area (Å²) in [6.07, 6.45) is 1.38. The van der Waals surface area contributed by atoms with Gasteiger partial charge >= 0.3 is 6.03 Å². The van der Waals surface area contributed by atoms with Crippen LogP contribution in [0.5, 0.6) is 0 Å². The van der Waals surface area contributed by atoms with Crippen LogP contribution in [0.4, 0.5) is 16.2 Å². The van der Waals surface area contributed by atoms with E-state index >= 15 is 0 Å². The van der Waals surface area contributed by atoms with Gasteiger partial charge in [-0.2, -0.15) is 0 Å². The van der Waals surface area contributed by atoms with Gasteiger partial charge < -0.3 is 15.5 Å². The zero-order valence-corrected chi connectivity index (χ0v) is 18.4. The zero-order chi connectivity index (χ0) is 22.2. The van der Waals surface area contributed by atoms with Crippen LogP contribution in [0.3, 0.4) is 0 Å². The minimum absolute atomic E-state index is 0.0872. The lowest BCUT2D eigenvalue weighted by atomic mass is 9.92. The first-order valence-electron chi connectivity index (χ1n) is 9.88. The fourth-order valence-corrected chi connectivity index (χ4v) is 4.07. The van der Waals surface area contributed by atoms with Gasteiger partial charge in [0.25, 0.3) is 5.91 Å². The molecule has 2 N–H and O–H groups in total. The highest BCUT2D eigenvalue weighted by Crippen LogP contribution is 2.30. The van der Waals surface area contributed by atoms with Gasteiger partial charge in [-0.05, 0) is 55.3 Å². The first kappa shape index (κ1) is 21.0. The lowest BCUT2D eigenvalue weighted by Crippen LogP contribution is -2.42. The quantitative estimate of drug-likeness (QED) is 0.637. The van der Waals surface area contributed by atoms with Crippen LogP contribution in [0.1, 0.15) is 25.3 Å². The molecular weight excluding hydrogens is 464 g/mol. The number of carbonyl (C=O) groups excluding carboxylic acids is 4. The standard InChI is InChI=1S/C22H21BrN4O4/c1-22(14-4-6-15(23)7-5-14)20(30)27(21(31)25-22)13-18(28)24-16-8-10-17(11-9-16)26-12-2-3-19(26)29/h4-11H,2-3,12-13H2,1H3,(H,24,28)(H,25,31). The molecule has 2 aliphatic heterocycles. The second-order valence-corrected chi connectivity index (χ2v) is 8.61. The lowest BCUT2D eigenvalue weighted by molar-refractivity contribution is -0.133. The minimum atomic E-state index is -1.23. The van der Waals surface area contributed by atoms with Crippen LogP contribution in [0.15, 0.2) is 53.0 Å². The van der Waals surface area contributed by atoms with Gasteiger partial charge in [-0.1, -0.05) is 28.1 Å². The predicted octanol–water partition coefficient (Wildman–Crippen LogP) is 2.98. The summed E-state index contributed by atoms with van der Waals surface area (Å²) < 4.78 is 0.855. The number of amides is 5. The molecule has 2 aromatic rings. The van der Waals surface area contributed by atoms with Gasteiger partial charge in [-0.3, -0.25) is 19.3 Å². The van der Waals surface area contributed by atoms with Crippen molar-refractivity contribution in [2.75, 3.05) is 23.3 Å². The maximum absolute atomic E-state index is 12.9. The van der Waals surface area contributed by atoms with Crippen molar-refractivity contribution in [1.82, 2.24) is 10.2 Å². The molecule has 5 amide bonds. The fraction of sp³-hybridized carbons (Fsp3) is 0.273. The van der Waals surface area contributed by atoms with Gasteiger partial charge in [0, 0.05) is 28.8 Å².